The molecule has 1 aliphatic carbocycles. The van der Waals surface area contributed by atoms with E-state index < -0.39 is 17.7 Å². The van der Waals surface area contributed by atoms with Crippen molar-refractivity contribution in [1.29, 1.82) is 0 Å². The van der Waals surface area contributed by atoms with Gasteiger partial charge >= 0.3 is 12.1 Å². The predicted octanol–water partition coefficient (Wildman–Crippen LogP) is 4.55. The minimum absolute atomic E-state index is 0.0106. The highest BCUT2D eigenvalue weighted by Crippen LogP contribution is 2.36. The molecule has 0 bridgehead atoms. The van der Waals surface area contributed by atoms with Gasteiger partial charge in [0.25, 0.3) is 0 Å². The summed E-state index contributed by atoms with van der Waals surface area (Å²) >= 11 is 0. The summed E-state index contributed by atoms with van der Waals surface area (Å²) in [4.78, 5) is 31.6. The van der Waals surface area contributed by atoms with E-state index in [1.807, 2.05) is 6.92 Å². The van der Waals surface area contributed by atoms with E-state index >= 15 is 0 Å². The summed E-state index contributed by atoms with van der Waals surface area (Å²) in [5.41, 5.74) is 7.32. The fraction of sp³-hybridized carbons (Fsp3) is 0.462. The third kappa shape index (κ3) is 5.43. The summed E-state index contributed by atoms with van der Waals surface area (Å²) in [6.07, 6.45) is 4.46. The Hall–Kier alpha value is -3.66. The summed E-state index contributed by atoms with van der Waals surface area (Å²) < 4.78 is 18.5. The van der Waals surface area contributed by atoms with Gasteiger partial charge in [0.05, 0.1) is 30.1 Å². The van der Waals surface area contributed by atoms with Crippen LogP contribution in [0, 0.1) is 6.92 Å². The fourth-order valence-corrected chi connectivity index (χ4v) is 4.21. The Balaban J connectivity index is 1.82. The van der Waals surface area contributed by atoms with E-state index in [1.54, 1.807) is 61.8 Å². The molecule has 3 aromatic rings. The molecule has 2 aromatic heterocycles. The lowest BCUT2D eigenvalue weighted by Crippen LogP contribution is -2.36. The SMILES string of the molecule is COC(=O)c1ccc(N(C(=O)OC(C)(C)C)c2c(C)c(OC3CCC(N)CC3)nc3ccnn23)cc1. The Morgan fingerprint density at radius 1 is 1.08 bits per heavy atom. The molecule has 1 fully saturated rings. The van der Waals surface area contributed by atoms with Crippen LogP contribution in [0.4, 0.5) is 16.3 Å². The van der Waals surface area contributed by atoms with E-state index in [-0.39, 0.29) is 12.1 Å². The first-order valence-electron chi connectivity index (χ1n) is 12.1. The largest absolute Gasteiger partial charge is 0.474 e. The van der Waals surface area contributed by atoms with Crippen molar-refractivity contribution in [2.24, 2.45) is 5.73 Å². The quantitative estimate of drug-likeness (QED) is 0.512. The second-order valence-electron chi connectivity index (χ2n) is 9.98. The van der Waals surface area contributed by atoms with Crippen LogP contribution in [0.1, 0.15) is 62.4 Å². The molecule has 1 saturated carbocycles. The highest BCUT2D eigenvalue weighted by molar-refractivity contribution is 5.97. The fourth-order valence-electron chi connectivity index (χ4n) is 4.21. The van der Waals surface area contributed by atoms with E-state index in [0.29, 0.717) is 34.2 Å². The molecule has 0 saturated heterocycles. The maximum Gasteiger partial charge on any atom is 0.420 e. The van der Waals surface area contributed by atoms with Crippen LogP contribution in [-0.2, 0) is 9.47 Å². The molecule has 1 aliphatic rings. The molecule has 192 valence electrons. The topological polar surface area (TPSA) is 121 Å². The minimum Gasteiger partial charge on any atom is -0.474 e. The number of carbonyl (C=O) groups excluding carboxylic acids is 2. The number of nitrogens with zero attached hydrogens (tertiary/aromatic N) is 4. The number of ether oxygens (including phenoxy) is 3. The molecule has 0 spiro atoms. The first kappa shape index (κ1) is 25.4. The number of carbonyl (C=O) groups is 2. The van der Waals surface area contributed by atoms with E-state index in [0.717, 1.165) is 25.7 Å². The van der Waals surface area contributed by atoms with Gasteiger partial charge in [-0.1, -0.05) is 0 Å². The molecule has 0 radical (unpaired) electrons. The number of aromatic nitrogens is 3. The molecule has 10 nitrogen and oxygen atoms in total. The van der Waals surface area contributed by atoms with Crippen LogP contribution in [-0.4, -0.2) is 51.5 Å². The van der Waals surface area contributed by atoms with Crippen molar-refractivity contribution in [3.05, 3.63) is 47.7 Å². The number of nitrogens with two attached hydrogens (primary N) is 1. The first-order valence-corrected chi connectivity index (χ1v) is 12.1. The Bertz CT molecular complexity index is 1240. The Labute approximate surface area is 210 Å². The van der Waals surface area contributed by atoms with Gasteiger partial charge in [0.15, 0.2) is 11.5 Å². The molecule has 10 heteroatoms. The van der Waals surface area contributed by atoms with E-state index in [4.69, 9.17) is 19.9 Å². The monoisotopic (exact) mass is 495 g/mol. The first-order chi connectivity index (χ1) is 17.1. The van der Waals surface area contributed by atoms with Gasteiger partial charge in [0.1, 0.15) is 11.7 Å². The van der Waals surface area contributed by atoms with Gasteiger partial charge in [-0.25, -0.2) is 14.5 Å². The summed E-state index contributed by atoms with van der Waals surface area (Å²) in [5.74, 6) is 0.397. The second kappa shape index (κ2) is 10.1. The zero-order chi connectivity index (χ0) is 26.0. The number of hydrogen-bond donors (Lipinski definition) is 1. The van der Waals surface area contributed by atoms with E-state index in [2.05, 4.69) is 10.1 Å². The number of amides is 1. The van der Waals surface area contributed by atoms with Crippen molar-refractivity contribution in [3.8, 4) is 5.88 Å². The number of rotatable bonds is 5. The molecule has 0 unspecified atom stereocenters. The molecule has 4 rings (SSSR count). The van der Waals surface area contributed by atoms with E-state index in [9.17, 15) is 9.59 Å². The van der Waals surface area contributed by atoms with Crippen molar-refractivity contribution in [2.45, 2.75) is 71.1 Å². The maximum absolute atomic E-state index is 13.6. The normalized spacial score (nSPS) is 18.1. The lowest BCUT2D eigenvalue weighted by Gasteiger charge is -2.30. The second-order valence-corrected chi connectivity index (χ2v) is 9.98. The maximum atomic E-state index is 13.6. The van der Waals surface area contributed by atoms with Crippen LogP contribution in [0.25, 0.3) is 5.65 Å². The summed E-state index contributed by atoms with van der Waals surface area (Å²) in [6, 6.07) is 8.46. The van der Waals surface area contributed by atoms with Gasteiger partial charge in [-0.15, -0.1) is 0 Å². The number of hydrogen-bond acceptors (Lipinski definition) is 8. The Kier molecular flexibility index (Phi) is 7.16. The molecule has 1 amide bonds. The molecule has 0 aliphatic heterocycles. The standard InChI is InChI=1S/C26H33N5O5/c1-16-22(35-20-12-8-18(27)9-13-20)29-21-14-15-28-31(21)23(16)30(25(33)36-26(2,3)4)19-10-6-17(7-11-19)24(32)34-5/h6-7,10-11,14-15,18,20H,8-9,12-13,27H2,1-5H3. The van der Waals surface area contributed by atoms with Gasteiger partial charge in [-0.3, -0.25) is 0 Å². The average Bonchev–Trinajstić information content (AvgIpc) is 3.29. The number of methoxy groups -OCH3 is 1. The van der Waals surface area contributed by atoms with Crippen LogP contribution in [0.5, 0.6) is 5.88 Å². The number of fused-ring (bicyclic) bond motifs is 1. The van der Waals surface area contributed by atoms with Crippen molar-refractivity contribution >= 4 is 29.2 Å². The summed E-state index contributed by atoms with van der Waals surface area (Å²) in [7, 11) is 1.32. The van der Waals surface area contributed by atoms with Crippen LogP contribution in [0.15, 0.2) is 36.5 Å². The van der Waals surface area contributed by atoms with E-state index in [1.165, 1.54) is 12.0 Å². The Morgan fingerprint density at radius 2 is 1.75 bits per heavy atom. The lowest BCUT2D eigenvalue weighted by atomic mass is 9.94. The van der Waals surface area contributed by atoms with Crippen LogP contribution >= 0.6 is 0 Å². The highest BCUT2D eigenvalue weighted by atomic mass is 16.6. The number of benzene rings is 1. The van der Waals surface area contributed by atoms with Crippen LogP contribution in [0.3, 0.4) is 0 Å². The summed E-state index contributed by atoms with van der Waals surface area (Å²) in [5, 5.41) is 4.42. The van der Waals surface area contributed by atoms with Crippen molar-refractivity contribution in [1.82, 2.24) is 14.6 Å². The van der Waals surface area contributed by atoms with Crippen molar-refractivity contribution in [2.75, 3.05) is 12.0 Å². The molecule has 2 N–H and O–H groups in total. The third-order valence-corrected chi connectivity index (χ3v) is 6.03. The van der Waals surface area contributed by atoms with Crippen LogP contribution < -0.4 is 15.4 Å². The number of esters is 1. The lowest BCUT2D eigenvalue weighted by molar-refractivity contribution is 0.0591. The molecular weight excluding hydrogens is 462 g/mol. The van der Waals surface area contributed by atoms with Crippen LogP contribution in [0.2, 0.25) is 0 Å². The van der Waals surface area contributed by atoms with Gasteiger partial charge < -0.3 is 19.9 Å². The third-order valence-electron chi connectivity index (χ3n) is 6.03. The molecule has 0 atom stereocenters. The molecule has 2 heterocycles. The smallest absolute Gasteiger partial charge is 0.420 e. The molecular formula is C26H33N5O5. The highest BCUT2D eigenvalue weighted by Gasteiger charge is 2.31. The van der Waals surface area contributed by atoms with Gasteiger partial charge in [-0.05, 0) is 77.6 Å². The summed E-state index contributed by atoms with van der Waals surface area (Å²) in [6.45, 7) is 7.24. The number of anilines is 2. The molecule has 1 aromatic carbocycles. The zero-order valence-electron chi connectivity index (χ0n) is 21.4. The van der Waals surface area contributed by atoms with Crippen molar-refractivity contribution in [3.63, 3.8) is 0 Å². The minimum atomic E-state index is -0.744. The van der Waals surface area contributed by atoms with Gasteiger partial charge in [0, 0.05) is 12.1 Å². The average molecular weight is 496 g/mol. The van der Waals surface area contributed by atoms with Gasteiger partial charge in [-0.2, -0.15) is 14.6 Å². The zero-order valence-corrected chi connectivity index (χ0v) is 21.4. The Morgan fingerprint density at radius 3 is 2.36 bits per heavy atom. The van der Waals surface area contributed by atoms with Crippen molar-refractivity contribution < 1.29 is 23.8 Å². The van der Waals surface area contributed by atoms with Gasteiger partial charge in [0.2, 0.25) is 5.88 Å². The predicted molar refractivity (Wildman–Crippen MR) is 135 cm³/mol. The molecule has 36 heavy (non-hydrogen) atoms.